The van der Waals surface area contributed by atoms with Crippen LogP contribution in [0.25, 0.3) is 56.3 Å². The van der Waals surface area contributed by atoms with E-state index < -0.39 is 5.91 Å². The van der Waals surface area contributed by atoms with E-state index in [2.05, 4.69) is 103 Å². The number of aryl methyl sites for hydroxylation is 1. The number of aromatic nitrogens is 11. The number of methoxy groups -OCH3 is 5. The SMILES string of the molecule is C.CNC(=O)c1ccc(C(C)Nc2cncc(-c3ccc(O)c(OC)c3)n2)cc1.COc1cc(-c2cncc(NC(C)c3ccc(C#N)cc3)n2)ccc1O.COc1cc(-c2cncc(NC(C)c3ccc(C(=O)NCCO)cc3)n2)ccc1C.COc1cc(-c2cncc(NC(C)c3ccc(C(=O)NCc4cccnc4)cc3)n2)ccc1O.COc1cc(-c2cncc(NC(C)c3ccc(C(N)=O)cc3)n2)ccc1O. The van der Waals surface area contributed by atoms with E-state index >= 15 is 0 Å². The summed E-state index contributed by atoms with van der Waals surface area (Å²) in [5.41, 5.74) is 22.6. The van der Waals surface area contributed by atoms with Crippen LogP contribution in [-0.2, 0) is 6.54 Å². The molecule has 0 aliphatic rings. The van der Waals surface area contributed by atoms with Gasteiger partial charge in [0.25, 0.3) is 17.7 Å². The van der Waals surface area contributed by atoms with Gasteiger partial charge in [-0.15, -0.1) is 0 Å². The van der Waals surface area contributed by atoms with Crippen LogP contribution < -0.4 is 72.0 Å². The van der Waals surface area contributed by atoms with Crippen molar-refractivity contribution >= 4 is 52.7 Å². The topological polar surface area (TPSA) is 503 Å². The van der Waals surface area contributed by atoms with Crippen LogP contribution in [0.15, 0.2) is 299 Å². The number of hydrogen-bond donors (Lipinski definition) is 14. The van der Waals surface area contributed by atoms with Crippen molar-refractivity contribution in [2.24, 2.45) is 5.73 Å². The van der Waals surface area contributed by atoms with Gasteiger partial charge in [-0.2, -0.15) is 5.26 Å². The van der Waals surface area contributed by atoms with Gasteiger partial charge in [0.2, 0.25) is 5.91 Å². The number of benzene rings is 10. The van der Waals surface area contributed by atoms with E-state index in [1.165, 1.54) is 28.4 Å². The highest BCUT2D eigenvalue weighted by atomic mass is 16.5. The number of anilines is 5. The third kappa shape index (κ3) is 30.2. The normalized spacial score (nSPS) is 11.5. The molecule has 6 heterocycles. The van der Waals surface area contributed by atoms with Crippen molar-refractivity contribution in [3.05, 3.63) is 366 Å². The van der Waals surface area contributed by atoms with E-state index in [0.29, 0.717) is 109 Å². The van der Waals surface area contributed by atoms with Crippen molar-refractivity contribution in [2.75, 3.05) is 82.3 Å². The molecule has 15 N–H and O–H groups in total. The Hall–Kier alpha value is -18.7. The third-order valence-electron chi connectivity index (χ3n) is 22.7. The summed E-state index contributed by atoms with van der Waals surface area (Å²) in [6.45, 7) is 12.6. The second-order valence-electron chi connectivity index (χ2n) is 32.7. The summed E-state index contributed by atoms with van der Waals surface area (Å²) in [4.78, 5) is 95.7. The van der Waals surface area contributed by atoms with Crippen molar-refractivity contribution in [2.45, 2.75) is 85.7 Å². The minimum atomic E-state index is -0.454. The molecule has 10 aromatic carbocycles. The first-order chi connectivity index (χ1) is 70.1. The standard InChI is InChI=1S/C26H25N5O3.C23H26N4O3.C21H22N4O3.C20H20N4O3.C20H18N4O2.CH4/c1-17(19-5-7-20(8-6-19)26(33)29-14-18-4-3-11-27-13-18)30-25-16-28-15-22(31-25)21-9-10-23(32)24(12-21)34-2;1-15-4-5-19(12-21(15)30-3)20-13-24-14-22(27-20)26-16(2)17-6-8-18(9-7-17)23(29)25-10-11-28;1-13(14-4-6-15(7-5-14)21(27)22-2)24-20-12-23-11-17(25-20)16-8-9-18(26)19(10-16)28-3;1-12(13-3-5-14(6-4-13)20(21)26)23-19-11-22-10-16(24-19)15-7-8-17(25)18(9-15)27-2;1-13(15-5-3-14(10-21)4-6-15)23-20-12-22-11-17(24-20)16-7-8-18(25)19(9-16)26-2;/h3-13,15-17,32H,14H2,1-2H3,(H,29,33)(H,30,31);4-9,12-14,16,28H,10-11H2,1-3H3,(H,25,29)(H,26,27);4-13,26H,1-3H3,(H,22,27)(H,24,25);3-12,25H,1-2H3,(H2,21,26)(H,23,24);3-9,11-13,25H,1-2H3,(H,23,24);1H4. The Bertz CT molecular complexity index is 7100. The summed E-state index contributed by atoms with van der Waals surface area (Å²) in [6.07, 6.45) is 20.0. The number of amides is 4. The number of aliphatic hydroxyl groups excluding tert-OH is 1. The van der Waals surface area contributed by atoms with Gasteiger partial charge in [-0.25, -0.2) is 24.9 Å². The number of phenolic OH excluding ortho intramolecular Hbond substituents is 4. The van der Waals surface area contributed by atoms with Crippen molar-refractivity contribution in [1.29, 1.82) is 5.26 Å². The molecule has 16 aromatic rings. The van der Waals surface area contributed by atoms with Crippen molar-refractivity contribution in [3.8, 4) is 114 Å². The molecule has 0 radical (unpaired) electrons. The molecule has 0 aliphatic heterocycles. The molecule has 0 saturated carbocycles. The van der Waals surface area contributed by atoms with Crippen molar-refractivity contribution in [1.82, 2.24) is 70.8 Å². The van der Waals surface area contributed by atoms with Gasteiger partial charge in [-0.05, 0) is 226 Å². The average molecular weight is 1970 g/mol. The van der Waals surface area contributed by atoms with Gasteiger partial charge in [0.05, 0.1) is 144 Å². The maximum Gasteiger partial charge on any atom is 0.251 e. The Kier molecular flexibility index (Phi) is 39.1. The number of nitrogens with two attached hydrogens (primary N) is 1. The molecule has 4 amide bonds. The number of phenols is 4. The predicted octanol–water partition coefficient (Wildman–Crippen LogP) is 18.8. The Morgan fingerprint density at radius 2 is 0.637 bits per heavy atom. The minimum Gasteiger partial charge on any atom is -0.504 e. The number of nitrogens with zero attached hydrogens (tertiary/aromatic N) is 12. The Morgan fingerprint density at radius 1 is 0.356 bits per heavy atom. The van der Waals surface area contributed by atoms with E-state index in [0.717, 1.165) is 78.2 Å². The number of aliphatic hydroxyl groups is 1. The van der Waals surface area contributed by atoms with Gasteiger partial charge in [0.15, 0.2) is 46.0 Å². The monoisotopic (exact) mass is 1970 g/mol. The second kappa shape index (κ2) is 53.1. The van der Waals surface area contributed by atoms with E-state index in [1.807, 2.05) is 133 Å². The number of nitrogens with one attached hydrogen (secondary N) is 8. The first-order valence-electron chi connectivity index (χ1n) is 45.7. The number of nitriles is 1. The van der Waals surface area contributed by atoms with E-state index in [4.69, 9.17) is 39.8 Å². The van der Waals surface area contributed by atoms with Crippen LogP contribution >= 0.6 is 0 Å². The summed E-state index contributed by atoms with van der Waals surface area (Å²) in [6, 6.07) is 68.4. The lowest BCUT2D eigenvalue weighted by Crippen LogP contribution is -2.26. The maximum absolute atomic E-state index is 12.4. The smallest absolute Gasteiger partial charge is 0.251 e. The highest BCUT2D eigenvalue weighted by Crippen LogP contribution is 2.38. The number of pyridine rings is 1. The fourth-order valence-electron chi connectivity index (χ4n) is 14.5. The van der Waals surface area contributed by atoms with Gasteiger partial charge in [-0.1, -0.05) is 86.3 Å². The number of primary amides is 1. The zero-order valence-electron chi connectivity index (χ0n) is 81.7. The minimum absolute atomic E-state index is 0. The summed E-state index contributed by atoms with van der Waals surface area (Å²) < 4.78 is 26.0. The summed E-state index contributed by atoms with van der Waals surface area (Å²) in [5.74, 6) is 4.79. The Labute approximate surface area is 846 Å². The number of aromatic hydroxyl groups is 4. The largest absolute Gasteiger partial charge is 0.504 e. The highest BCUT2D eigenvalue weighted by Gasteiger charge is 2.20. The first-order valence-corrected chi connectivity index (χ1v) is 45.7. The van der Waals surface area contributed by atoms with Crippen LogP contribution in [-0.4, -0.2) is 160 Å². The molecule has 0 spiro atoms. The molecule has 35 heteroatoms. The highest BCUT2D eigenvalue weighted by molar-refractivity contribution is 5.96. The van der Waals surface area contributed by atoms with Gasteiger partial charge in [0, 0.05) is 113 Å². The molecule has 146 heavy (non-hydrogen) atoms. The fraction of sp³-hybridized carbons (Fsp3) is 0.189. The number of hydrogen-bond acceptors (Lipinski definition) is 31. The molecule has 5 atom stereocenters. The van der Waals surface area contributed by atoms with E-state index in [-0.39, 0.29) is 91.5 Å². The zero-order valence-corrected chi connectivity index (χ0v) is 81.7. The molecule has 5 unspecified atom stereocenters. The summed E-state index contributed by atoms with van der Waals surface area (Å²) in [7, 11) is 9.25. The summed E-state index contributed by atoms with van der Waals surface area (Å²) in [5, 5.41) is 81.5. The van der Waals surface area contributed by atoms with E-state index in [1.54, 1.807) is 222 Å². The molecule has 748 valence electrons. The Balaban J connectivity index is 0.000000174. The predicted molar refractivity (Wildman–Crippen MR) is 562 cm³/mol. The number of carbonyl (C=O) groups excluding carboxylic acids is 4. The van der Waals surface area contributed by atoms with Gasteiger partial charge in [0.1, 0.15) is 34.8 Å². The lowest BCUT2D eigenvalue weighted by atomic mass is 10.1. The fourth-order valence-corrected chi connectivity index (χ4v) is 14.5. The maximum atomic E-state index is 12.4. The van der Waals surface area contributed by atoms with Gasteiger partial charge >= 0.3 is 0 Å². The second-order valence-corrected chi connectivity index (χ2v) is 32.7. The molecule has 0 saturated heterocycles. The van der Waals surface area contributed by atoms with Crippen LogP contribution in [0.2, 0.25) is 0 Å². The van der Waals surface area contributed by atoms with Gasteiger partial charge < -0.3 is 97.5 Å². The van der Waals surface area contributed by atoms with Crippen LogP contribution in [0.1, 0.15) is 158 Å². The molecular weight excluding hydrogens is 1850 g/mol. The number of carbonyl (C=O) groups is 4. The first kappa shape index (κ1) is 108. The van der Waals surface area contributed by atoms with Crippen LogP contribution in [0.5, 0.6) is 51.7 Å². The lowest BCUT2D eigenvalue weighted by molar-refractivity contribution is 0.0939. The van der Waals surface area contributed by atoms with E-state index in [9.17, 15) is 39.6 Å². The molecule has 16 rings (SSSR count). The molecule has 35 nitrogen and oxygen atoms in total. The van der Waals surface area contributed by atoms with Crippen molar-refractivity contribution in [3.63, 3.8) is 0 Å². The number of rotatable bonds is 33. The molecule has 6 aromatic heterocycles. The molecule has 0 bridgehead atoms. The van der Waals surface area contributed by atoms with Crippen molar-refractivity contribution < 1.29 is 68.4 Å². The average Bonchev–Trinajstić information content (AvgIpc) is 0.841. The quantitative estimate of drug-likeness (QED) is 0.0182. The summed E-state index contributed by atoms with van der Waals surface area (Å²) >= 11 is 0. The lowest BCUT2D eigenvalue weighted by Gasteiger charge is -2.16. The third-order valence-corrected chi connectivity index (χ3v) is 22.7. The Morgan fingerprint density at radius 3 is 0.911 bits per heavy atom. The molecule has 0 aliphatic carbocycles. The molecule has 0 fully saturated rings. The zero-order chi connectivity index (χ0) is 103. The van der Waals surface area contributed by atoms with Crippen LogP contribution in [0.4, 0.5) is 29.1 Å². The van der Waals surface area contributed by atoms with Gasteiger partial charge in [-0.3, -0.25) is 49.1 Å². The number of ether oxygens (including phenoxy) is 5. The molecular formula is C111H115N21O14. The van der Waals surface area contributed by atoms with Crippen LogP contribution in [0.3, 0.4) is 0 Å². The van der Waals surface area contributed by atoms with Crippen LogP contribution in [0, 0.1) is 18.3 Å².